The first-order chi connectivity index (χ1) is 19.3. The number of hydrogen-bond acceptors (Lipinski definition) is 2. The van der Waals surface area contributed by atoms with Crippen molar-refractivity contribution in [3.8, 4) is 16.8 Å². The molecule has 0 spiro atoms. The molecule has 3 heterocycles. The van der Waals surface area contributed by atoms with Crippen molar-refractivity contribution in [2.45, 2.75) is 0 Å². The summed E-state index contributed by atoms with van der Waals surface area (Å²) in [7, 11) is 0. The van der Waals surface area contributed by atoms with Crippen molar-refractivity contribution < 1.29 is 4.42 Å². The van der Waals surface area contributed by atoms with Gasteiger partial charge in [0, 0.05) is 47.4 Å². The van der Waals surface area contributed by atoms with Crippen molar-refractivity contribution in [1.82, 2.24) is 4.57 Å². The molecule has 0 atom stereocenters. The summed E-state index contributed by atoms with van der Waals surface area (Å²) in [6.07, 6.45) is 0. The summed E-state index contributed by atoms with van der Waals surface area (Å²) in [6, 6.07) is 45.9. The zero-order valence-electron chi connectivity index (χ0n) is 20.9. The summed E-state index contributed by atoms with van der Waals surface area (Å²) < 4.78 is 11.4. The van der Waals surface area contributed by atoms with Crippen molar-refractivity contribution in [2.75, 3.05) is 0 Å². The molecule has 6 aromatic carbocycles. The van der Waals surface area contributed by atoms with Gasteiger partial charge in [-0.1, -0.05) is 72.8 Å². The van der Waals surface area contributed by atoms with E-state index in [-0.39, 0.29) is 0 Å². The fourth-order valence-electron chi connectivity index (χ4n) is 6.19. The Hall–Kier alpha value is -4.86. The average Bonchev–Trinajstić information content (AvgIpc) is 3.65. The van der Waals surface area contributed by atoms with Gasteiger partial charge < -0.3 is 8.98 Å². The largest absolute Gasteiger partial charge is 0.456 e. The van der Waals surface area contributed by atoms with Gasteiger partial charge in [-0.2, -0.15) is 0 Å². The van der Waals surface area contributed by atoms with Gasteiger partial charge >= 0.3 is 0 Å². The van der Waals surface area contributed by atoms with Gasteiger partial charge in [-0.25, -0.2) is 0 Å². The molecule has 0 radical (unpaired) electrons. The highest BCUT2D eigenvalue weighted by Gasteiger charge is 2.15. The van der Waals surface area contributed by atoms with Crippen LogP contribution in [0.15, 0.2) is 132 Å². The quantitative estimate of drug-likeness (QED) is 0.224. The van der Waals surface area contributed by atoms with Crippen LogP contribution >= 0.6 is 11.3 Å². The highest BCUT2D eigenvalue weighted by atomic mass is 32.1. The van der Waals surface area contributed by atoms with Gasteiger partial charge in [0.15, 0.2) is 0 Å². The first kappa shape index (κ1) is 21.1. The summed E-state index contributed by atoms with van der Waals surface area (Å²) in [6.45, 7) is 0. The molecule has 0 unspecified atom stereocenters. The number of rotatable bonds is 2. The van der Waals surface area contributed by atoms with E-state index < -0.39 is 0 Å². The van der Waals surface area contributed by atoms with Crippen LogP contribution in [0, 0.1) is 0 Å². The lowest BCUT2D eigenvalue weighted by molar-refractivity contribution is 0.669. The van der Waals surface area contributed by atoms with Crippen molar-refractivity contribution in [3.63, 3.8) is 0 Å². The minimum Gasteiger partial charge on any atom is -0.456 e. The van der Waals surface area contributed by atoms with Crippen LogP contribution in [0.3, 0.4) is 0 Å². The third-order valence-corrected chi connectivity index (χ3v) is 9.14. The second-order valence-corrected chi connectivity index (χ2v) is 11.3. The molecule has 2 nitrogen and oxygen atoms in total. The zero-order valence-corrected chi connectivity index (χ0v) is 21.7. The van der Waals surface area contributed by atoms with E-state index in [0.717, 1.165) is 27.6 Å². The summed E-state index contributed by atoms with van der Waals surface area (Å²) in [4.78, 5) is 0. The molecule has 39 heavy (non-hydrogen) atoms. The lowest BCUT2D eigenvalue weighted by Crippen LogP contribution is -1.93. The molecule has 0 saturated heterocycles. The lowest BCUT2D eigenvalue weighted by atomic mass is 10.0. The van der Waals surface area contributed by atoms with Gasteiger partial charge in [0.1, 0.15) is 11.2 Å². The molecule has 0 aliphatic rings. The third kappa shape index (κ3) is 3.02. The molecule has 9 aromatic rings. The standard InChI is InChI=1S/C36H21NOS/c1-4-10-31-25(7-1)26-8-2-5-11-32(26)37(31)24-15-18-33-30(21-24)27-16-13-22(19-34(27)38-33)23-14-17-29-28-9-3-6-12-35(28)39-36(29)20-23/h1-21H. The number of nitrogens with zero attached hydrogens (tertiary/aromatic N) is 1. The van der Waals surface area contributed by atoms with E-state index in [1.54, 1.807) is 0 Å². The van der Waals surface area contributed by atoms with Gasteiger partial charge in [-0.3, -0.25) is 0 Å². The van der Waals surface area contributed by atoms with E-state index in [4.69, 9.17) is 4.42 Å². The van der Waals surface area contributed by atoms with Crippen LogP contribution in [-0.4, -0.2) is 4.57 Å². The Balaban J connectivity index is 1.21. The van der Waals surface area contributed by atoms with Crippen LogP contribution in [-0.2, 0) is 0 Å². The summed E-state index contributed by atoms with van der Waals surface area (Å²) in [5.41, 5.74) is 7.77. The lowest BCUT2D eigenvalue weighted by Gasteiger charge is -2.08. The Bertz CT molecular complexity index is 2350. The molecular formula is C36H21NOS. The third-order valence-electron chi connectivity index (χ3n) is 8.01. The summed E-state index contributed by atoms with van der Waals surface area (Å²) in [5, 5.41) is 7.46. The molecule has 182 valence electrons. The SMILES string of the molecule is c1ccc2c(c1)sc1cc(-c3ccc4c(c3)oc3ccc(-n5c6ccccc6c6ccccc65)cc34)ccc12. The second kappa shape index (κ2) is 7.83. The highest BCUT2D eigenvalue weighted by molar-refractivity contribution is 7.25. The van der Waals surface area contributed by atoms with E-state index >= 15 is 0 Å². The van der Waals surface area contributed by atoms with Crippen molar-refractivity contribution in [1.29, 1.82) is 0 Å². The van der Waals surface area contributed by atoms with Crippen LogP contribution in [0.25, 0.3) is 80.7 Å². The molecule has 3 heteroatoms. The number of benzene rings is 6. The molecule has 0 N–H and O–H groups in total. The maximum Gasteiger partial charge on any atom is 0.136 e. The minimum absolute atomic E-state index is 0.909. The fourth-order valence-corrected chi connectivity index (χ4v) is 7.34. The number of para-hydroxylation sites is 2. The summed E-state index contributed by atoms with van der Waals surface area (Å²) in [5.74, 6) is 0. The Labute approximate surface area is 227 Å². The predicted molar refractivity (Wildman–Crippen MR) is 166 cm³/mol. The van der Waals surface area contributed by atoms with E-state index in [9.17, 15) is 0 Å². The molecule has 0 bridgehead atoms. The van der Waals surface area contributed by atoms with E-state index in [1.807, 2.05) is 11.3 Å². The highest BCUT2D eigenvalue weighted by Crippen LogP contribution is 2.39. The molecule has 0 fully saturated rings. The second-order valence-electron chi connectivity index (χ2n) is 10.2. The van der Waals surface area contributed by atoms with Crippen LogP contribution in [0.4, 0.5) is 0 Å². The smallest absolute Gasteiger partial charge is 0.136 e. The number of fused-ring (bicyclic) bond motifs is 9. The Kier molecular flexibility index (Phi) is 4.24. The van der Waals surface area contributed by atoms with Gasteiger partial charge in [-0.05, 0) is 65.7 Å². The van der Waals surface area contributed by atoms with Crippen LogP contribution in [0.1, 0.15) is 0 Å². The topological polar surface area (TPSA) is 18.1 Å². The summed E-state index contributed by atoms with van der Waals surface area (Å²) >= 11 is 1.85. The Morgan fingerprint density at radius 2 is 1.08 bits per heavy atom. The normalized spacial score (nSPS) is 12.1. The molecular weight excluding hydrogens is 494 g/mol. The molecule has 0 saturated carbocycles. The Morgan fingerprint density at radius 1 is 0.436 bits per heavy atom. The Morgan fingerprint density at radius 3 is 1.87 bits per heavy atom. The van der Waals surface area contributed by atoms with Gasteiger partial charge in [0.2, 0.25) is 0 Å². The van der Waals surface area contributed by atoms with Crippen LogP contribution < -0.4 is 0 Å². The predicted octanol–water partition coefficient (Wildman–Crippen LogP) is 10.7. The fraction of sp³-hybridized carbons (Fsp3) is 0. The van der Waals surface area contributed by atoms with E-state index in [2.05, 4.69) is 132 Å². The number of aromatic nitrogens is 1. The molecule has 0 amide bonds. The average molecular weight is 516 g/mol. The first-order valence-corrected chi connectivity index (χ1v) is 14.0. The number of hydrogen-bond donors (Lipinski definition) is 0. The maximum absolute atomic E-state index is 6.39. The van der Waals surface area contributed by atoms with Gasteiger partial charge in [0.25, 0.3) is 0 Å². The maximum atomic E-state index is 6.39. The van der Waals surface area contributed by atoms with Gasteiger partial charge in [0.05, 0.1) is 11.0 Å². The zero-order chi connectivity index (χ0) is 25.5. The number of furan rings is 1. The van der Waals surface area contributed by atoms with Crippen molar-refractivity contribution >= 4 is 75.3 Å². The molecule has 3 aromatic heterocycles. The molecule has 0 aliphatic carbocycles. The van der Waals surface area contributed by atoms with Crippen LogP contribution in [0.5, 0.6) is 0 Å². The van der Waals surface area contributed by atoms with E-state index in [0.29, 0.717) is 0 Å². The van der Waals surface area contributed by atoms with E-state index in [1.165, 1.54) is 53.1 Å². The van der Waals surface area contributed by atoms with Crippen molar-refractivity contribution in [2.24, 2.45) is 0 Å². The first-order valence-electron chi connectivity index (χ1n) is 13.2. The molecule has 9 rings (SSSR count). The number of thiophene rings is 1. The van der Waals surface area contributed by atoms with Gasteiger partial charge in [-0.15, -0.1) is 11.3 Å². The monoisotopic (exact) mass is 515 g/mol. The van der Waals surface area contributed by atoms with Crippen LogP contribution in [0.2, 0.25) is 0 Å². The minimum atomic E-state index is 0.909. The van der Waals surface area contributed by atoms with Crippen molar-refractivity contribution in [3.05, 3.63) is 127 Å². The molecule has 0 aliphatic heterocycles.